The van der Waals surface area contributed by atoms with Gasteiger partial charge < -0.3 is 9.47 Å². The van der Waals surface area contributed by atoms with E-state index >= 15 is 0 Å². The second-order valence-corrected chi connectivity index (χ2v) is 4.86. The number of hydrogen-bond acceptors (Lipinski definition) is 4. The summed E-state index contributed by atoms with van der Waals surface area (Å²) in [5.74, 6) is 1.67. The van der Waals surface area contributed by atoms with Gasteiger partial charge in [0.05, 0.1) is 19.9 Å². The van der Waals surface area contributed by atoms with E-state index in [0.29, 0.717) is 13.2 Å². The summed E-state index contributed by atoms with van der Waals surface area (Å²) in [6.45, 7) is 1.08. The van der Waals surface area contributed by atoms with E-state index < -0.39 is 0 Å². The summed E-state index contributed by atoms with van der Waals surface area (Å²) in [6.07, 6.45) is 1.90. The highest BCUT2D eigenvalue weighted by atomic mass is 16.5. The van der Waals surface area contributed by atoms with Crippen LogP contribution in [0.1, 0.15) is 11.3 Å². The van der Waals surface area contributed by atoms with Gasteiger partial charge in [0.2, 0.25) is 0 Å². The van der Waals surface area contributed by atoms with Crippen LogP contribution in [0.15, 0.2) is 60.8 Å². The number of aromatic nitrogens is 3. The van der Waals surface area contributed by atoms with E-state index in [1.807, 2.05) is 60.8 Å². The third-order valence-corrected chi connectivity index (χ3v) is 3.22. The molecule has 3 rings (SSSR count). The minimum Gasteiger partial charge on any atom is -0.497 e. The van der Waals surface area contributed by atoms with Gasteiger partial charge in [-0.1, -0.05) is 35.5 Å². The van der Waals surface area contributed by atoms with Crippen LogP contribution in [0.3, 0.4) is 0 Å². The molecule has 0 aliphatic rings. The summed E-state index contributed by atoms with van der Waals surface area (Å²) >= 11 is 0. The topological polar surface area (TPSA) is 49.2 Å². The summed E-state index contributed by atoms with van der Waals surface area (Å²) in [5, 5.41) is 8.25. The van der Waals surface area contributed by atoms with Crippen LogP contribution in [0, 0.1) is 0 Å². The van der Waals surface area contributed by atoms with Crippen LogP contribution in [0.5, 0.6) is 11.5 Å². The van der Waals surface area contributed by atoms with Crippen LogP contribution >= 0.6 is 0 Å². The zero-order valence-corrected chi connectivity index (χ0v) is 12.3. The lowest BCUT2D eigenvalue weighted by Gasteiger charge is -2.03. The number of nitrogens with zero attached hydrogens (tertiary/aromatic N) is 3. The van der Waals surface area contributed by atoms with Crippen LogP contribution < -0.4 is 9.47 Å². The predicted molar refractivity (Wildman–Crippen MR) is 82.9 cm³/mol. The maximum absolute atomic E-state index is 5.65. The van der Waals surface area contributed by atoms with Crippen molar-refractivity contribution in [2.45, 2.75) is 13.2 Å². The Morgan fingerprint density at radius 3 is 2.45 bits per heavy atom. The average Bonchev–Trinajstić information content (AvgIpc) is 3.02. The molecule has 0 bridgehead atoms. The molecule has 2 aromatic carbocycles. The molecule has 0 radical (unpaired) electrons. The third kappa shape index (κ3) is 3.63. The fourth-order valence-corrected chi connectivity index (χ4v) is 2.07. The Labute approximate surface area is 129 Å². The molecule has 5 nitrogen and oxygen atoms in total. The monoisotopic (exact) mass is 295 g/mol. The lowest BCUT2D eigenvalue weighted by molar-refractivity contribution is 0.301. The largest absolute Gasteiger partial charge is 0.497 e. The van der Waals surface area contributed by atoms with Crippen molar-refractivity contribution in [3.63, 3.8) is 0 Å². The van der Waals surface area contributed by atoms with Crippen molar-refractivity contribution >= 4 is 0 Å². The van der Waals surface area contributed by atoms with E-state index in [1.54, 1.807) is 11.8 Å². The molecular weight excluding hydrogens is 278 g/mol. The first kappa shape index (κ1) is 14.1. The number of rotatable bonds is 6. The van der Waals surface area contributed by atoms with Gasteiger partial charge in [0, 0.05) is 0 Å². The van der Waals surface area contributed by atoms with E-state index in [1.165, 1.54) is 0 Å². The summed E-state index contributed by atoms with van der Waals surface area (Å²) in [6, 6.07) is 17.6. The molecule has 0 aliphatic heterocycles. The van der Waals surface area contributed by atoms with E-state index in [9.17, 15) is 0 Å². The summed E-state index contributed by atoms with van der Waals surface area (Å²) < 4.78 is 12.6. The lowest BCUT2D eigenvalue weighted by Crippen LogP contribution is -2.00. The molecule has 22 heavy (non-hydrogen) atoms. The predicted octanol–water partition coefficient (Wildman–Crippen LogP) is 2.91. The van der Waals surface area contributed by atoms with Gasteiger partial charge in [0.25, 0.3) is 0 Å². The Balaban J connectivity index is 1.58. The molecule has 0 aliphatic carbocycles. The van der Waals surface area contributed by atoms with Gasteiger partial charge in [-0.25, -0.2) is 4.68 Å². The Bertz CT molecular complexity index is 708. The van der Waals surface area contributed by atoms with Gasteiger partial charge in [-0.2, -0.15) is 0 Å². The van der Waals surface area contributed by atoms with Gasteiger partial charge in [-0.3, -0.25) is 0 Å². The lowest BCUT2D eigenvalue weighted by atomic mass is 10.2. The van der Waals surface area contributed by atoms with Crippen molar-refractivity contribution < 1.29 is 9.47 Å². The molecule has 0 atom stereocenters. The van der Waals surface area contributed by atoms with Crippen molar-refractivity contribution in [2.75, 3.05) is 7.11 Å². The molecule has 0 amide bonds. The van der Waals surface area contributed by atoms with Crippen LogP contribution in [0.25, 0.3) is 0 Å². The molecule has 1 heterocycles. The van der Waals surface area contributed by atoms with Crippen molar-refractivity contribution in [3.8, 4) is 11.5 Å². The van der Waals surface area contributed by atoms with Gasteiger partial charge in [-0.15, -0.1) is 5.10 Å². The van der Waals surface area contributed by atoms with E-state index in [4.69, 9.17) is 9.47 Å². The molecule has 0 fully saturated rings. The molecule has 0 saturated carbocycles. The second kappa shape index (κ2) is 6.76. The normalized spacial score (nSPS) is 10.4. The Kier molecular flexibility index (Phi) is 4.34. The molecule has 5 heteroatoms. The maximum Gasteiger partial charge on any atom is 0.134 e. The maximum atomic E-state index is 5.65. The summed E-state index contributed by atoms with van der Waals surface area (Å²) in [5.41, 5.74) is 1.94. The minimum atomic E-state index is 0.409. The number of benzene rings is 2. The SMILES string of the molecule is COc1ccc(Cn2cc(COc3ccccc3)nn2)cc1. The zero-order chi connectivity index (χ0) is 15.2. The van der Waals surface area contributed by atoms with E-state index in [0.717, 1.165) is 22.8 Å². The van der Waals surface area contributed by atoms with Crippen molar-refractivity contribution in [2.24, 2.45) is 0 Å². The molecule has 0 unspecified atom stereocenters. The molecule has 1 aromatic heterocycles. The Morgan fingerprint density at radius 1 is 0.955 bits per heavy atom. The molecule has 3 aromatic rings. The molecule has 0 saturated heterocycles. The molecule has 112 valence electrons. The van der Waals surface area contributed by atoms with Gasteiger partial charge in [-0.05, 0) is 29.8 Å². The third-order valence-electron chi connectivity index (χ3n) is 3.22. The summed E-state index contributed by atoms with van der Waals surface area (Å²) in [7, 11) is 1.66. The van der Waals surface area contributed by atoms with Crippen LogP contribution in [0.2, 0.25) is 0 Å². The standard InChI is InChI=1S/C17H17N3O2/c1-21-16-9-7-14(8-10-16)11-20-12-15(18-19-20)13-22-17-5-3-2-4-6-17/h2-10,12H,11,13H2,1H3. The highest BCUT2D eigenvalue weighted by Crippen LogP contribution is 2.13. The second-order valence-electron chi connectivity index (χ2n) is 4.86. The first-order valence-electron chi connectivity index (χ1n) is 7.03. The van der Waals surface area contributed by atoms with E-state index in [-0.39, 0.29) is 0 Å². The van der Waals surface area contributed by atoms with Gasteiger partial charge >= 0.3 is 0 Å². The fourth-order valence-electron chi connectivity index (χ4n) is 2.07. The highest BCUT2D eigenvalue weighted by molar-refractivity contribution is 5.27. The number of ether oxygens (including phenoxy) is 2. The van der Waals surface area contributed by atoms with Crippen LogP contribution in [-0.4, -0.2) is 22.1 Å². The quantitative estimate of drug-likeness (QED) is 0.701. The van der Waals surface area contributed by atoms with Crippen molar-refractivity contribution in [3.05, 3.63) is 72.1 Å². The highest BCUT2D eigenvalue weighted by Gasteiger charge is 2.03. The van der Waals surface area contributed by atoms with Gasteiger partial charge in [0.1, 0.15) is 23.8 Å². The first-order chi connectivity index (χ1) is 10.8. The Morgan fingerprint density at radius 2 is 1.73 bits per heavy atom. The van der Waals surface area contributed by atoms with Crippen LogP contribution in [-0.2, 0) is 13.2 Å². The van der Waals surface area contributed by atoms with Crippen LogP contribution in [0.4, 0.5) is 0 Å². The van der Waals surface area contributed by atoms with Crippen molar-refractivity contribution in [1.82, 2.24) is 15.0 Å². The Hall–Kier alpha value is -2.82. The van der Waals surface area contributed by atoms with E-state index in [2.05, 4.69) is 10.3 Å². The minimum absolute atomic E-state index is 0.409. The molecule has 0 spiro atoms. The smallest absolute Gasteiger partial charge is 0.134 e. The number of methoxy groups -OCH3 is 1. The molecule has 0 N–H and O–H groups in total. The number of para-hydroxylation sites is 1. The fraction of sp³-hybridized carbons (Fsp3) is 0.176. The van der Waals surface area contributed by atoms with Crippen molar-refractivity contribution in [1.29, 1.82) is 0 Å². The zero-order valence-electron chi connectivity index (χ0n) is 12.3. The molecular formula is C17H17N3O2. The average molecular weight is 295 g/mol. The number of hydrogen-bond donors (Lipinski definition) is 0. The van der Waals surface area contributed by atoms with Gasteiger partial charge in [0.15, 0.2) is 0 Å². The first-order valence-corrected chi connectivity index (χ1v) is 7.03. The summed E-state index contributed by atoms with van der Waals surface area (Å²) in [4.78, 5) is 0.